The van der Waals surface area contributed by atoms with Crippen LogP contribution in [0.4, 0.5) is 0 Å². The van der Waals surface area contributed by atoms with Crippen molar-refractivity contribution in [2.75, 3.05) is 0 Å². The largest absolute Gasteiger partial charge is 0.491 e. The van der Waals surface area contributed by atoms with Gasteiger partial charge in [0.15, 0.2) is 0 Å². The predicted octanol–water partition coefficient (Wildman–Crippen LogP) is 8.45. The number of ether oxygens (including phenoxy) is 1. The molecular weight excluding hydrogens is 556 g/mol. The van der Waals surface area contributed by atoms with Gasteiger partial charge in [-0.25, -0.2) is 0 Å². The molecule has 0 saturated heterocycles. The molecule has 6 aromatic rings. The highest BCUT2D eigenvalue weighted by Gasteiger charge is 2.25. The Morgan fingerprint density at radius 3 is 1.79 bits per heavy atom. The molecule has 0 atom stereocenters. The van der Waals surface area contributed by atoms with Crippen LogP contribution < -0.4 is 4.74 Å². The molecule has 2 aromatic carbocycles. The summed E-state index contributed by atoms with van der Waals surface area (Å²) in [4.78, 5) is 15.3. The number of H-pyrrole nitrogens is 2. The third-order valence-corrected chi connectivity index (χ3v) is 7.32. The van der Waals surface area contributed by atoms with Crippen LogP contribution in [-0.4, -0.2) is 26.0 Å². The summed E-state index contributed by atoms with van der Waals surface area (Å²) >= 11 is 6.39. The number of rotatable bonds is 7. The van der Waals surface area contributed by atoms with Crippen LogP contribution in [0.2, 0.25) is 5.02 Å². The monoisotopic (exact) mass is 580 g/mol. The number of nitrogens with zero attached hydrogens (tertiary/aromatic N) is 4. The molecule has 0 fully saturated rings. The fourth-order valence-corrected chi connectivity index (χ4v) is 5.47. The van der Waals surface area contributed by atoms with Gasteiger partial charge in [-0.05, 0) is 62.4 Å². The Kier molecular flexibility index (Phi) is 7.49. The normalized spacial score (nSPS) is 12.5. The first kappa shape index (κ1) is 27.5. The maximum absolute atomic E-state index is 10.9. The van der Waals surface area contributed by atoms with Gasteiger partial charge in [-0.2, -0.15) is 10.5 Å². The molecule has 4 aromatic heterocycles. The zero-order valence-corrected chi connectivity index (χ0v) is 24.1. The lowest BCUT2D eigenvalue weighted by Crippen LogP contribution is -2.05. The molecule has 6 rings (SSSR count). The molecule has 4 heterocycles. The van der Waals surface area contributed by atoms with Crippen molar-refractivity contribution >= 4 is 55.7 Å². The van der Waals surface area contributed by atoms with E-state index in [1.807, 2.05) is 74.6 Å². The van der Waals surface area contributed by atoms with Crippen LogP contribution in [0.15, 0.2) is 97.8 Å². The number of halogens is 1. The van der Waals surface area contributed by atoms with Gasteiger partial charge in [0.05, 0.1) is 17.3 Å². The third kappa shape index (κ3) is 5.26. The Labute approximate surface area is 253 Å². The van der Waals surface area contributed by atoms with Crippen LogP contribution in [0, 0.1) is 22.7 Å². The highest BCUT2D eigenvalue weighted by atomic mass is 35.5. The first-order valence-corrected chi connectivity index (χ1v) is 14.0. The summed E-state index contributed by atoms with van der Waals surface area (Å²) in [5, 5.41) is 23.8. The number of benzene rings is 2. The minimum Gasteiger partial charge on any atom is -0.491 e. The van der Waals surface area contributed by atoms with Crippen LogP contribution in [-0.2, 0) is 0 Å². The summed E-state index contributed by atoms with van der Waals surface area (Å²) in [6.45, 7) is 3.94. The molecule has 0 aliphatic heterocycles. The summed E-state index contributed by atoms with van der Waals surface area (Å²) in [6.07, 6.45) is 10.3. The number of pyridine rings is 2. The van der Waals surface area contributed by atoms with Crippen molar-refractivity contribution in [2.24, 2.45) is 0 Å². The Bertz CT molecular complexity index is 2110. The predicted molar refractivity (Wildman–Crippen MR) is 171 cm³/mol. The smallest absolute Gasteiger partial charge is 0.120 e. The van der Waals surface area contributed by atoms with Crippen molar-refractivity contribution < 1.29 is 4.74 Å². The van der Waals surface area contributed by atoms with Crippen molar-refractivity contribution in [2.45, 2.75) is 20.0 Å². The van der Waals surface area contributed by atoms with Crippen molar-refractivity contribution in [1.82, 2.24) is 19.9 Å². The quantitative estimate of drug-likeness (QED) is 0.145. The SMILES string of the molecule is CC(C)Oc1ccc2[nH]cc(/C(C#N)=C(\C(=C(\C#N)c3c[nH]c4ccc(Cl)cc34)c3cccnc3)c3cccnc3)c2c1. The fourth-order valence-electron chi connectivity index (χ4n) is 5.30. The van der Waals surface area contributed by atoms with Crippen molar-refractivity contribution in [3.05, 3.63) is 125 Å². The summed E-state index contributed by atoms with van der Waals surface area (Å²) in [6, 6.07) is 23.6. The second-order valence-electron chi connectivity index (χ2n) is 10.2. The van der Waals surface area contributed by atoms with Gasteiger partial charge in [0.25, 0.3) is 0 Å². The van der Waals surface area contributed by atoms with E-state index < -0.39 is 0 Å². The van der Waals surface area contributed by atoms with E-state index in [9.17, 15) is 10.5 Å². The van der Waals surface area contributed by atoms with Gasteiger partial charge < -0.3 is 14.7 Å². The highest BCUT2D eigenvalue weighted by molar-refractivity contribution is 6.32. The van der Waals surface area contributed by atoms with Crippen LogP contribution in [0.25, 0.3) is 44.1 Å². The molecule has 0 spiro atoms. The molecule has 7 nitrogen and oxygen atoms in total. The van der Waals surface area contributed by atoms with Gasteiger partial charge in [-0.15, -0.1) is 0 Å². The maximum atomic E-state index is 10.9. The lowest BCUT2D eigenvalue weighted by Gasteiger charge is -2.18. The van der Waals surface area contributed by atoms with Crippen molar-refractivity contribution in [3.8, 4) is 17.9 Å². The van der Waals surface area contributed by atoms with Crippen LogP contribution in [0.3, 0.4) is 0 Å². The number of aromatic amines is 2. The van der Waals surface area contributed by atoms with E-state index in [-0.39, 0.29) is 6.10 Å². The van der Waals surface area contributed by atoms with E-state index >= 15 is 0 Å². The van der Waals surface area contributed by atoms with Gasteiger partial charge in [0.1, 0.15) is 17.9 Å². The number of fused-ring (bicyclic) bond motifs is 2. The first-order valence-electron chi connectivity index (χ1n) is 13.6. The summed E-state index contributed by atoms with van der Waals surface area (Å²) in [5.74, 6) is 0.694. The molecule has 2 N–H and O–H groups in total. The number of nitrogens with one attached hydrogen (secondary N) is 2. The van der Waals surface area contributed by atoms with Gasteiger partial charge in [0, 0.05) is 97.4 Å². The van der Waals surface area contributed by atoms with E-state index in [2.05, 4.69) is 32.1 Å². The van der Waals surface area contributed by atoms with Crippen LogP contribution in [0.5, 0.6) is 5.75 Å². The van der Waals surface area contributed by atoms with E-state index in [0.717, 1.165) is 21.8 Å². The zero-order valence-electron chi connectivity index (χ0n) is 23.4. The first-order chi connectivity index (χ1) is 21.0. The molecular formula is C35H25ClN6O. The third-order valence-electron chi connectivity index (χ3n) is 7.08. The zero-order chi connectivity index (χ0) is 29.9. The second-order valence-corrected chi connectivity index (χ2v) is 10.6. The van der Waals surface area contributed by atoms with Crippen molar-refractivity contribution in [1.29, 1.82) is 10.5 Å². The summed E-state index contributed by atoms with van der Waals surface area (Å²) < 4.78 is 5.98. The number of nitriles is 2. The lowest BCUT2D eigenvalue weighted by molar-refractivity contribution is 0.243. The van der Waals surface area contributed by atoms with Crippen molar-refractivity contribution in [3.63, 3.8) is 0 Å². The van der Waals surface area contributed by atoms with E-state index in [1.54, 1.807) is 37.1 Å². The minimum absolute atomic E-state index is 0.0141. The van der Waals surface area contributed by atoms with E-state index in [1.165, 1.54) is 0 Å². The Balaban J connectivity index is 1.75. The molecule has 43 heavy (non-hydrogen) atoms. The van der Waals surface area contributed by atoms with E-state index in [4.69, 9.17) is 16.3 Å². The van der Waals surface area contributed by atoms with Crippen LogP contribution in [0.1, 0.15) is 36.1 Å². The Morgan fingerprint density at radius 2 is 1.30 bits per heavy atom. The second kappa shape index (κ2) is 11.7. The molecule has 0 amide bonds. The molecule has 8 heteroatoms. The molecule has 0 unspecified atom stereocenters. The summed E-state index contributed by atoms with van der Waals surface area (Å²) in [5.41, 5.74) is 6.18. The molecule has 0 bridgehead atoms. The average molecular weight is 581 g/mol. The molecule has 0 aliphatic rings. The molecule has 0 aliphatic carbocycles. The summed E-state index contributed by atoms with van der Waals surface area (Å²) in [7, 11) is 0. The number of hydrogen-bond donors (Lipinski definition) is 2. The fraction of sp³-hybridized carbons (Fsp3) is 0.0857. The number of hydrogen-bond acceptors (Lipinski definition) is 5. The standard InChI is InChI=1S/C35H25ClN6O/c1-21(2)43-25-8-10-33-27(14-25)31(20-42-33)29(16-38)35(23-6-4-12-40-18-23)34(22-5-3-11-39-17-22)28(15-37)30-19-41-32-9-7-24(36)13-26(30)32/h3-14,17-21,41-42H,1-2H3/b34-28-,35-29-. The van der Waals surface area contributed by atoms with Gasteiger partial charge >= 0.3 is 0 Å². The molecule has 208 valence electrons. The Morgan fingerprint density at radius 1 is 0.767 bits per heavy atom. The van der Waals surface area contributed by atoms with Crippen LogP contribution >= 0.6 is 11.6 Å². The number of allylic oxidation sites excluding steroid dienone is 4. The molecule has 0 saturated carbocycles. The highest BCUT2D eigenvalue weighted by Crippen LogP contribution is 2.44. The van der Waals surface area contributed by atoms with E-state index in [0.29, 0.717) is 55.3 Å². The Hall–Kier alpha value is -5.63. The minimum atomic E-state index is -0.0141. The maximum Gasteiger partial charge on any atom is 0.120 e. The van der Waals surface area contributed by atoms with Gasteiger partial charge in [-0.1, -0.05) is 23.7 Å². The van der Waals surface area contributed by atoms with Gasteiger partial charge in [-0.3, -0.25) is 9.97 Å². The van der Waals surface area contributed by atoms with Gasteiger partial charge in [0.2, 0.25) is 0 Å². The number of aromatic nitrogens is 4. The lowest BCUT2D eigenvalue weighted by atomic mass is 9.83. The molecule has 0 radical (unpaired) electrons. The topological polar surface area (TPSA) is 114 Å². The average Bonchev–Trinajstić information content (AvgIpc) is 3.63.